The Morgan fingerprint density at radius 3 is 1.94 bits per heavy atom. The molecule has 0 aromatic rings. The van der Waals surface area contributed by atoms with Crippen LogP contribution in [0.1, 0.15) is 39.5 Å². The van der Waals surface area contributed by atoms with Crippen molar-refractivity contribution in [1.82, 2.24) is 0 Å². The van der Waals surface area contributed by atoms with Gasteiger partial charge in [0.1, 0.15) is 0 Å². The number of hydrogen-bond acceptors (Lipinski definition) is 2. The van der Waals surface area contributed by atoms with E-state index < -0.39 is 23.8 Å². The zero-order valence-corrected chi connectivity index (χ0v) is 9.85. The maximum absolute atomic E-state index is 11.0. The molecule has 3 atom stereocenters. The van der Waals surface area contributed by atoms with Gasteiger partial charge in [0.15, 0.2) is 0 Å². The van der Waals surface area contributed by atoms with E-state index >= 15 is 0 Å². The van der Waals surface area contributed by atoms with Crippen LogP contribution in [-0.4, -0.2) is 81.3 Å². The molecule has 1 fully saturated rings. The number of hydrogen-bond donors (Lipinski definition) is 2. The molecule has 6 heteroatoms. The maximum atomic E-state index is 11.0. The van der Waals surface area contributed by atoms with Crippen molar-refractivity contribution in [3.63, 3.8) is 0 Å². The zero-order valence-electron chi connectivity index (χ0n) is 9.85. The van der Waals surface area contributed by atoms with Crippen LogP contribution in [0.5, 0.6) is 0 Å². The molecule has 0 spiro atoms. The SMILES string of the molecule is CC(C)CC1CCC(C(=O)O)C(C(=O)O)C1.[NaH].[NaH]. The van der Waals surface area contributed by atoms with Gasteiger partial charge in [-0.15, -0.1) is 0 Å². The van der Waals surface area contributed by atoms with E-state index in [1.807, 2.05) is 0 Å². The molecule has 18 heavy (non-hydrogen) atoms. The van der Waals surface area contributed by atoms with Gasteiger partial charge in [0.2, 0.25) is 0 Å². The molecule has 96 valence electrons. The molecule has 0 aromatic heterocycles. The molecule has 4 nitrogen and oxygen atoms in total. The number of aliphatic carboxylic acids is 2. The van der Waals surface area contributed by atoms with E-state index in [1.54, 1.807) is 0 Å². The Bertz CT molecular complexity index is 281. The molecule has 0 saturated heterocycles. The predicted molar refractivity (Wildman–Crippen MR) is 73.3 cm³/mol. The molecule has 1 rings (SSSR count). The molecule has 0 amide bonds. The molecule has 0 aliphatic heterocycles. The van der Waals surface area contributed by atoms with E-state index in [0.717, 1.165) is 12.8 Å². The molecule has 2 N–H and O–H groups in total. The normalized spacial score (nSPS) is 26.9. The van der Waals surface area contributed by atoms with Gasteiger partial charge in [-0.1, -0.05) is 13.8 Å². The molecule has 0 bridgehead atoms. The third-order valence-electron chi connectivity index (χ3n) is 3.40. The Labute approximate surface area is 152 Å². The number of carboxylic acids is 2. The first-order valence-electron chi connectivity index (χ1n) is 5.87. The van der Waals surface area contributed by atoms with Crippen LogP contribution in [0, 0.1) is 23.7 Å². The van der Waals surface area contributed by atoms with Crippen LogP contribution in [0.3, 0.4) is 0 Å². The third kappa shape index (κ3) is 6.40. The fourth-order valence-corrected chi connectivity index (χ4v) is 2.71. The van der Waals surface area contributed by atoms with Crippen molar-refractivity contribution in [3.05, 3.63) is 0 Å². The second-order valence-corrected chi connectivity index (χ2v) is 5.20. The van der Waals surface area contributed by atoms with Gasteiger partial charge in [-0.05, 0) is 37.5 Å². The molecule has 3 unspecified atom stereocenters. The summed E-state index contributed by atoms with van der Waals surface area (Å²) in [5.74, 6) is -2.40. The summed E-state index contributed by atoms with van der Waals surface area (Å²) in [6, 6.07) is 0. The van der Waals surface area contributed by atoms with Crippen LogP contribution in [0.2, 0.25) is 0 Å². The molecule has 0 heterocycles. The van der Waals surface area contributed by atoms with Gasteiger partial charge < -0.3 is 10.2 Å². The van der Waals surface area contributed by atoms with Crippen LogP contribution < -0.4 is 0 Å². The van der Waals surface area contributed by atoms with Crippen molar-refractivity contribution in [2.75, 3.05) is 0 Å². The first kappa shape index (κ1) is 21.2. The number of rotatable bonds is 4. The monoisotopic (exact) mass is 276 g/mol. The summed E-state index contributed by atoms with van der Waals surface area (Å²) in [7, 11) is 0. The summed E-state index contributed by atoms with van der Waals surface area (Å²) in [4.78, 5) is 22.0. The Hall–Kier alpha value is 0.940. The van der Waals surface area contributed by atoms with Gasteiger partial charge >= 0.3 is 71.1 Å². The average Bonchev–Trinajstić information content (AvgIpc) is 2.16. The van der Waals surface area contributed by atoms with Crippen LogP contribution in [-0.2, 0) is 9.59 Å². The zero-order chi connectivity index (χ0) is 12.3. The second kappa shape index (κ2) is 9.78. The molecule has 1 saturated carbocycles. The van der Waals surface area contributed by atoms with Crippen molar-refractivity contribution >= 4 is 71.1 Å². The van der Waals surface area contributed by atoms with E-state index in [0.29, 0.717) is 24.7 Å². The summed E-state index contributed by atoms with van der Waals surface area (Å²) >= 11 is 0. The van der Waals surface area contributed by atoms with Gasteiger partial charge in [0.25, 0.3) is 0 Å². The van der Waals surface area contributed by atoms with E-state index in [-0.39, 0.29) is 59.1 Å². The van der Waals surface area contributed by atoms with E-state index in [4.69, 9.17) is 10.2 Å². The minimum absolute atomic E-state index is 0. The second-order valence-electron chi connectivity index (χ2n) is 5.20. The van der Waals surface area contributed by atoms with Gasteiger partial charge in [0.05, 0.1) is 11.8 Å². The van der Waals surface area contributed by atoms with E-state index in [1.165, 1.54) is 0 Å². The van der Waals surface area contributed by atoms with Crippen LogP contribution in [0.15, 0.2) is 0 Å². The third-order valence-corrected chi connectivity index (χ3v) is 3.40. The Balaban J connectivity index is 0. The summed E-state index contributed by atoms with van der Waals surface area (Å²) in [6.07, 6.45) is 2.86. The first-order chi connectivity index (χ1) is 7.41. The van der Waals surface area contributed by atoms with Gasteiger partial charge in [-0.2, -0.15) is 0 Å². The topological polar surface area (TPSA) is 74.6 Å². The first-order valence-corrected chi connectivity index (χ1v) is 5.87. The summed E-state index contributed by atoms with van der Waals surface area (Å²) in [5, 5.41) is 18.0. The summed E-state index contributed by atoms with van der Waals surface area (Å²) in [6.45, 7) is 4.22. The minimum atomic E-state index is -0.963. The van der Waals surface area contributed by atoms with Crippen molar-refractivity contribution in [2.24, 2.45) is 23.7 Å². The molecule has 1 aliphatic rings. The summed E-state index contributed by atoms with van der Waals surface area (Å²) < 4.78 is 0. The van der Waals surface area contributed by atoms with Crippen LogP contribution in [0.25, 0.3) is 0 Å². The molecule has 1 aliphatic carbocycles. The van der Waals surface area contributed by atoms with Crippen molar-refractivity contribution in [1.29, 1.82) is 0 Å². The molecule has 0 aromatic carbocycles. The fourth-order valence-electron chi connectivity index (χ4n) is 2.71. The quantitative estimate of drug-likeness (QED) is 0.749. The van der Waals surface area contributed by atoms with E-state index in [2.05, 4.69) is 13.8 Å². The number of carbonyl (C=O) groups is 2. The van der Waals surface area contributed by atoms with Crippen LogP contribution in [0.4, 0.5) is 0 Å². The predicted octanol–water partition coefficient (Wildman–Crippen LogP) is 0.937. The van der Waals surface area contributed by atoms with Gasteiger partial charge in [0, 0.05) is 0 Å². The van der Waals surface area contributed by atoms with E-state index in [9.17, 15) is 9.59 Å². The molecular formula is C12H22Na2O4. The molecule has 0 radical (unpaired) electrons. The Morgan fingerprint density at radius 2 is 1.56 bits per heavy atom. The van der Waals surface area contributed by atoms with Crippen molar-refractivity contribution in [2.45, 2.75) is 39.5 Å². The van der Waals surface area contributed by atoms with Gasteiger partial charge in [-0.3, -0.25) is 9.59 Å². The standard InChI is InChI=1S/C12H20O4.2Na.2H/c1-7(2)5-8-3-4-9(11(13)14)10(6-8)12(15)16;;;;/h7-10H,3-6H2,1-2H3,(H,13,14)(H,15,16);;;;. The Morgan fingerprint density at radius 1 is 1.06 bits per heavy atom. The van der Waals surface area contributed by atoms with Crippen molar-refractivity contribution < 1.29 is 19.8 Å². The van der Waals surface area contributed by atoms with Gasteiger partial charge in [-0.25, -0.2) is 0 Å². The summed E-state index contributed by atoms with van der Waals surface area (Å²) in [5.41, 5.74) is 0. The molecular weight excluding hydrogens is 254 g/mol. The fraction of sp³-hybridized carbons (Fsp3) is 0.833. The van der Waals surface area contributed by atoms with Crippen molar-refractivity contribution in [3.8, 4) is 0 Å². The Kier molecular flexibility index (Phi) is 11.5. The van der Waals surface area contributed by atoms with Crippen LogP contribution >= 0.6 is 0 Å². The average molecular weight is 276 g/mol. The number of carboxylic acid groups (broad SMARTS) is 2.